The summed E-state index contributed by atoms with van der Waals surface area (Å²) >= 11 is 5.45. The smallest absolute Gasteiger partial charge is 0.271 e. The Kier molecular flexibility index (Phi) is 6.55. The predicted octanol–water partition coefficient (Wildman–Crippen LogP) is 3.91. The van der Waals surface area contributed by atoms with Crippen LogP contribution in [0.25, 0.3) is 0 Å². The molecule has 0 aliphatic carbocycles. The molecular formula is C15H23N3O2S. The third kappa shape index (κ3) is 6.08. The van der Waals surface area contributed by atoms with E-state index in [2.05, 4.69) is 37.9 Å². The maximum absolute atomic E-state index is 10.8. The van der Waals surface area contributed by atoms with Gasteiger partial charge >= 0.3 is 0 Å². The number of non-ortho nitro benzene ring substituents is 1. The molecule has 0 saturated carbocycles. The standard InChI is InChI=1S/C15H23N3O2S/c1-11(2)9-17(10-12(3)4)15(21)16-13-6-5-7-14(8-13)18(19)20/h5-8,11-12H,9-10H2,1-4H3,(H,16,21). The van der Waals surface area contributed by atoms with E-state index in [9.17, 15) is 10.1 Å². The van der Waals surface area contributed by atoms with Gasteiger partial charge in [0, 0.05) is 30.9 Å². The lowest BCUT2D eigenvalue weighted by molar-refractivity contribution is -0.384. The van der Waals surface area contributed by atoms with Crippen molar-refractivity contribution in [2.45, 2.75) is 27.7 Å². The lowest BCUT2D eigenvalue weighted by Crippen LogP contribution is -2.39. The van der Waals surface area contributed by atoms with E-state index in [1.165, 1.54) is 12.1 Å². The second-order valence-corrected chi connectivity index (χ2v) is 6.32. The summed E-state index contributed by atoms with van der Waals surface area (Å²) in [6.45, 7) is 10.3. The SMILES string of the molecule is CC(C)CN(CC(C)C)C(=S)Nc1cccc([N+](=O)[O-])c1. The maximum Gasteiger partial charge on any atom is 0.271 e. The molecule has 0 bridgehead atoms. The third-order valence-corrected chi connectivity index (χ3v) is 3.13. The summed E-state index contributed by atoms with van der Waals surface area (Å²) in [5.41, 5.74) is 0.703. The Morgan fingerprint density at radius 1 is 1.29 bits per heavy atom. The van der Waals surface area contributed by atoms with Crippen molar-refractivity contribution in [1.29, 1.82) is 0 Å². The van der Waals surface area contributed by atoms with E-state index in [1.807, 2.05) is 0 Å². The molecule has 6 heteroatoms. The topological polar surface area (TPSA) is 58.4 Å². The fourth-order valence-corrected chi connectivity index (χ4v) is 2.29. The largest absolute Gasteiger partial charge is 0.349 e. The first-order chi connectivity index (χ1) is 9.79. The quantitative estimate of drug-likeness (QED) is 0.490. The summed E-state index contributed by atoms with van der Waals surface area (Å²) in [5, 5.41) is 14.5. The Morgan fingerprint density at radius 3 is 2.33 bits per heavy atom. The average Bonchev–Trinajstić information content (AvgIpc) is 2.37. The summed E-state index contributed by atoms with van der Waals surface area (Å²) in [7, 11) is 0. The van der Waals surface area contributed by atoms with Crippen LogP contribution < -0.4 is 5.32 Å². The number of hydrogen-bond donors (Lipinski definition) is 1. The summed E-state index contributed by atoms with van der Waals surface area (Å²) in [5.74, 6) is 0.988. The van der Waals surface area contributed by atoms with Gasteiger partial charge in [0.05, 0.1) is 4.92 Å². The highest BCUT2D eigenvalue weighted by Crippen LogP contribution is 2.18. The van der Waals surface area contributed by atoms with Crippen LogP contribution in [0.2, 0.25) is 0 Å². The molecule has 0 aromatic heterocycles. The van der Waals surface area contributed by atoms with Gasteiger partial charge in [-0.05, 0) is 30.1 Å². The van der Waals surface area contributed by atoms with Gasteiger partial charge in [-0.3, -0.25) is 10.1 Å². The molecule has 0 aliphatic heterocycles. The zero-order valence-electron chi connectivity index (χ0n) is 13.0. The third-order valence-electron chi connectivity index (χ3n) is 2.77. The molecular weight excluding hydrogens is 286 g/mol. The lowest BCUT2D eigenvalue weighted by atomic mass is 10.1. The van der Waals surface area contributed by atoms with Crippen LogP contribution in [-0.4, -0.2) is 28.0 Å². The van der Waals surface area contributed by atoms with Gasteiger partial charge in [0.15, 0.2) is 5.11 Å². The van der Waals surface area contributed by atoms with Gasteiger partial charge < -0.3 is 10.2 Å². The number of thiocarbonyl (C=S) groups is 1. The van der Waals surface area contributed by atoms with E-state index < -0.39 is 4.92 Å². The molecule has 0 spiro atoms. The van der Waals surface area contributed by atoms with Gasteiger partial charge in [-0.25, -0.2) is 0 Å². The fraction of sp³-hybridized carbons (Fsp3) is 0.533. The number of nitrogens with zero attached hydrogens (tertiary/aromatic N) is 2. The molecule has 0 amide bonds. The number of rotatable bonds is 6. The number of benzene rings is 1. The molecule has 0 unspecified atom stereocenters. The highest BCUT2D eigenvalue weighted by molar-refractivity contribution is 7.80. The zero-order valence-corrected chi connectivity index (χ0v) is 13.8. The molecule has 1 N–H and O–H groups in total. The molecule has 116 valence electrons. The van der Waals surface area contributed by atoms with Gasteiger partial charge in [-0.1, -0.05) is 33.8 Å². The predicted molar refractivity (Wildman–Crippen MR) is 90.6 cm³/mol. The lowest BCUT2D eigenvalue weighted by Gasteiger charge is -2.29. The summed E-state index contributed by atoms with van der Waals surface area (Å²) in [4.78, 5) is 12.5. The minimum absolute atomic E-state index is 0.0575. The van der Waals surface area contributed by atoms with Crippen molar-refractivity contribution in [3.8, 4) is 0 Å². The van der Waals surface area contributed by atoms with Crippen LogP contribution in [0.5, 0.6) is 0 Å². The van der Waals surface area contributed by atoms with Crippen LogP contribution in [-0.2, 0) is 0 Å². The second-order valence-electron chi connectivity index (χ2n) is 5.93. The Morgan fingerprint density at radius 2 is 1.86 bits per heavy atom. The molecule has 0 aliphatic rings. The van der Waals surface area contributed by atoms with Crippen molar-refractivity contribution >= 4 is 28.7 Å². The van der Waals surface area contributed by atoms with Gasteiger partial charge in [-0.15, -0.1) is 0 Å². The zero-order chi connectivity index (χ0) is 16.0. The monoisotopic (exact) mass is 309 g/mol. The van der Waals surface area contributed by atoms with E-state index in [0.717, 1.165) is 13.1 Å². The van der Waals surface area contributed by atoms with E-state index in [0.29, 0.717) is 22.6 Å². The van der Waals surface area contributed by atoms with Crippen LogP contribution in [0.4, 0.5) is 11.4 Å². The van der Waals surface area contributed by atoms with Crippen molar-refractivity contribution in [3.63, 3.8) is 0 Å². The molecule has 5 nitrogen and oxygen atoms in total. The first-order valence-corrected chi connectivity index (χ1v) is 7.50. The minimum atomic E-state index is -0.409. The molecule has 0 atom stereocenters. The van der Waals surface area contributed by atoms with Crippen molar-refractivity contribution < 1.29 is 4.92 Å². The highest BCUT2D eigenvalue weighted by atomic mass is 32.1. The molecule has 0 radical (unpaired) electrons. The van der Waals surface area contributed by atoms with Gasteiger partial charge in [0.2, 0.25) is 0 Å². The maximum atomic E-state index is 10.8. The molecule has 1 aromatic rings. The number of nitro groups is 1. The second kappa shape index (κ2) is 7.93. The normalized spacial score (nSPS) is 10.8. The fourth-order valence-electron chi connectivity index (χ4n) is 2.02. The molecule has 21 heavy (non-hydrogen) atoms. The summed E-state index contributed by atoms with van der Waals surface area (Å²) in [6, 6.07) is 6.39. The van der Waals surface area contributed by atoms with Crippen LogP contribution in [0.15, 0.2) is 24.3 Å². The van der Waals surface area contributed by atoms with Gasteiger partial charge in [0.25, 0.3) is 5.69 Å². The average molecular weight is 309 g/mol. The van der Waals surface area contributed by atoms with Gasteiger partial charge in [0.1, 0.15) is 0 Å². The van der Waals surface area contributed by atoms with Crippen molar-refractivity contribution in [2.24, 2.45) is 11.8 Å². The van der Waals surface area contributed by atoms with E-state index >= 15 is 0 Å². The van der Waals surface area contributed by atoms with E-state index in [4.69, 9.17) is 12.2 Å². The molecule has 0 saturated heterocycles. The highest BCUT2D eigenvalue weighted by Gasteiger charge is 2.14. The molecule has 1 aromatic carbocycles. The Balaban J connectivity index is 2.80. The number of anilines is 1. The molecule has 0 fully saturated rings. The first-order valence-electron chi connectivity index (χ1n) is 7.10. The number of nitrogens with one attached hydrogen (secondary N) is 1. The van der Waals surface area contributed by atoms with E-state index in [-0.39, 0.29) is 5.69 Å². The Bertz CT molecular complexity index is 493. The summed E-state index contributed by atoms with van der Waals surface area (Å²) < 4.78 is 0. The Labute approximate surface area is 131 Å². The Hall–Kier alpha value is -1.69. The van der Waals surface area contributed by atoms with Crippen molar-refractivity contribution in [2.75, 3.05) is 18.4 Å². The van der Waals surface area contributed by atoms with Crippen molar-refractivity contribution in [3.05, 3.63) is 34.4 Å². The molecule has 0 heterocycles. The van der Waals surface area contributed by atoms with Crippen LogP contribution in [0.3, 0.4) is 0 Å². The van der Waals surface area contributed by atoms with Crippen LogP contribution in [0, 0.1) is 22.0 Å². The summed E-state index contributed by atoms with van der Waals surface area (Å²) in [6.07, 6.45) is 0. The molecule has 1 rings (SSSR count). The first kappa shape index (κ1) is 17.4. The van der Waals surface area contributed by atoms with Gasteiger partial charge in [-0.2, -0.15) is 0 Å². The number of hydrogen-bond acceptors (Lipinski definition) is 3. The van der Waals surface area contributed by atoms with Crippen LogP contribution in [0.1, 0.15) is 27.7 Å². The van der Waals surface area contributed by atoms with Crippen molar-refractivity contribution in [1.82, 2.24) is 4.90 Å². The minimum Gasteiger partial charge on any atom is -0.349 e. The van der Waals surface area contributed by atoms with Crippen LogP contribution >= 0.6 is 12.2 Å². The van der Waals surface area contributed by atoms with E-state index in [1.54, 1.807) is 12.1 Å². The number of nitro benzene ring substituents is 1.